The fourth-order valence-corrected chi connectivity index (χ4v) is 3.38. The molecule has 0 radical (unpaired) electrons. The molecule has 1 aromatic carbocycles. The van der Waals surface area contributed by atoms with Gasteiger partial charge in [0.15, 0.2) is 0 Å². The van der Waals surface area contributed by atoms with Crippen molar-refractivity contribution in [2.45, 2.75) is 57.6 Å². The minimum absolute atomic E-state index is 0.0220. The van der Waals surface area contributed by atoms with Crippen LogP contribution in [0.3, 0.4) is 0 Å². The molecule has 0 aliphatic carbocycles. The van der Waals surface area contributed by atoms with E-state index in [-0.39, 0.29) is 11.1 Å². The molecule has 1 spiro atoms. The van der Waals surface area contributed by atoms with Crippen LogP contribution in [0.1, 0.15) is 45.6 Å². The van der Waals surface area contributed by atoms with Crippen LogP contribution in [-0.2, 0) is 11.3 Å². The first-order valence-electron chi connectivity index (χ1n) is 8.00. The normalized spacial score (nSPS) is 22.1. The summed E-state index contributed by atoms with van der Waals surface area (Å²) in [5.74, 6) is 0. The Morgan fingerprint density at radius 3 is 2.43 bits per heavy atom. The van der Waals surface area contributed by atoms with Gasteiger partial charge in [0.05, 0.1) is 5.71 Å². The van der Waals surface area contributed by atoms with Gasteiger partial charge in [0.2, 0.25) is 0 Å². The van der Waals surface area contributed by atoms with Crippen molar-refractivity contribution in [1.82, 2.24) is 4.90 Å². The Bertz CT molecular complexity index is 508. The van der Waals surface area contributed by atoms with E-state index in [2.05, 4.69) is 61.2 Å². The van der Waals surface area contributed by atoms with Crippen LogP contribution in [0.15, 0.2) is 35.5 Å². The second kappa shape index (κ2) is 5.45. The van der Waals surface area contributed by atoms with Gasteiger partial charge in [0, 0.05) is 44.3 Å². The second-order valence-electron chi connectivity index (χ2n) is 7.43. The summed E-state index contributed by atoms with van der Waals surface area (Å²) in [6.45, 7) is 9.09. The van der Waals surface area contributed by atoms with Gasteiger partial charge in [-0.1, -0.05) is 35.5 Å². The van der Waals surface area contributed by atoms with Gasteiger partial charge in [-0.05, 0) is 26.3 Å². The lowest BCUT2D eigenvalue weighted by Gasteiger charge is -2.43. The number of rotatable bonds is 2. The molecule has 2 aliphatic heterocycles. The smallest absolute Gasteiger partial charge is 0.145 e. The third-order valence-corrected chi connectivity index (χ3v) is 4.77. The highest BCUT2D eigenvalue weighted by atomic mass is 16.7. The van der Waals surface area contributed by atoms with Crippen LogP contribution in [0.5, 0.6) is 0 Å². The summed E-state index contributed by atoms with van der Waals surface area (Å²) in [5.41, 5.74) is 2.76. The molecular weight excluding hydrogens is 260 g/mol. The lowest BCUT2D eigenvalue weighted by Crippen LogP contribution is -2.51. The first kappa shape index (κ1) is 14.6. The Balaban J connectivity index is 1.57. The average Bonchev–Trinajstić information content (AvgIpc) is 2.82. The summed E-state index contributed by atoms with van der Waals surface area (Å²) in [7, 11) is 0. The molecule has 21 heavy (non-hydrogen) atoms. The number of hydrogen-bond acceptors (Lipinski definition) is 3. The lowest BCUT2D eigenvalue weighted by atomic mass is 9.84. The SMILES string of the molecule is CC(C)(C)N1CCC2(CC1)CC(Cc1ccccc1)=NO2. The highest BCUT2D eigenvalue weighted by Gasteiger charge is 2.43. The number of piperidine rings is 1. The van der Waals surface area contributed by atoms with E-state index in [9.17, 15) is 0 Å². The molecular formula is C18H26N2O. The standard InChI is InChI=1S/C18H26N2O/c1-17(2,3)20-11-9-18(10-12-20)14-16(19-21-18)13-15-7-5-4-6-8-15/h4-8H,9-14H2,1-3H3. The van der Waals surface area contributed by atoms with E-state index in [1.54, 1.807) is 0 Å². The molecule has 1 saturated heterocycles. The van der Waals surface area contributed by atoms with Crippen LogP contribution in [0.4, 0.5) is 0 Å². The molecule has 1 fully saturated rings. The number of hydrogen-bond donors (Lipinski definition) is 0. The Kier molecular flexibility index (Phi) is 3.78. The van der Waals surface area contributed by atoms with Gasteiger partial charge in [0.25, 0.3) is 0 Å². The molecule has 0 amide bonds. The maximum atomic E-state index is 5.89. The zero-order valence-electron chi connectivity index (χ0n) is 13.4. The summed E-state index contributed by atoms with van der Waals surface area (Å²) in [5, 5.41) is 4.39. The Hall–Kier alpha value is -1.35. The molecule has 3 heteroatoms. The quantitative estimate of drug-likeness (QED) is 0.829. The van der Waals surface area contributed by atoms with Crippen LogP contribution in [0, 0.1) is 0 Å². The molecule has 3 nitrogen and oxygen atoms in total. The first-order chi connectivity index (χ1) is 9.97. The lowest BCUT2D eigenvalue weighted by molar-refractivity contribution is -0.0745. The highest BCUT2D eigenvalue weighted by molar-refractivity contribution is 5.88. The molecule has 3 rings (SSSR count). The van der Waals surface area contributed by atoms with E-state index < -0.39 is 0 Å². The summed E-state index contributed by atoms with van der Waals surface area (Å²) in [6, 6.07) is 10.6. The van der Waals surface area contributed by atoms with E-state index in [1.807, 2.05) is 0 Å². The zero-order valence-corrected chi connectivity index (χ0v) is 13.4. The molecule has 0 saturated carbocycles. The number of oxime groups is 1. The zero-order chi connectivity index (χ0) is 14.9. The maximum absolute atomic E-state index is 5.89. The van der Waals surface area contributed by atoms with E-state index in [0.29, 0.717) is 0 Å². The molecule has 0 N–H and O–H groups in total. The summed E-state index contributed by atoms with van der Waals surface area (Å²) >= 11 is 0. The summed E-state index contributed by atoms with van der Waals surface area (Å²) < 4.78 is 0. The van der Waals surface area contributed by atoms with Crippen molar-refractivity contribution in [2.24, 2.45) is 5.16 Å². The third-order valence-electron chi connectivity index (χ3n) is 4.77. The second-order valence-corrected chi connectivity index (χ2v) is 7.43. The van der Waals surface area contributed by atoms with Crippen molar-refractivity contribution in [2.75, 3.05) is 13.1 Å². The molecule has 0 aromatic heterocycles. The Morgan fingerprint density at radius 2 is 1.81 bits per heavy atom. The highest BCUT2D eigenvalue weighted by Crippen LogP contribution is 2.36. The van der Waals surface area contributed by atoms with E-state index in [1.165, 1.54) is 11.3 Å². The Morgan fingerprint density at radius 1 is 1.14 bits per heavy atom. The molecule has 2 aliphatic rings. The van der Waals surface area contributed by atoms with Crippen molar-refractivity contribution >= 4 is 5.71 Å². The average molecular weight is 286 g/mol. The monoisotopic (exact) mass is 286 g/mol. The largest absolute Gasteiger partial charge is 0.389 e. The Labute approximate surface area is 128 Å². The number of benzene rings is 1. The van der Waals surface area contributed by atoms with Crippen LogP contribution in [0.25, 0.3) is 0 Å². The van der Waals surface area contributed by atoms with Crippen LogP contribution >= 0.6 is 0 Å². The van der Waals surface area contributed by atoms with Crippen LogP contribution < -0.4 is 0 Å². The molecule has 1 aromatic rings. The predicted octanol–water partition coefficient (Wildman–Crippen LogP) is 3.64. The van der Waals surface area contributed by atoms with Crippen molar-refractivity contribution in [3.63, 3.8) is 0 Å². The summed E-state index contributed by atoms with van der Waals surface area (Å²) in [4.78, 5) is 8.44. The minimum atomic E-state index is -0.0220. The van der Waals surface area contributed by atoms with Gasteiger partial charge in [-0.15, -0.1) is 0 Å². The van der Waals surface area contributed by atoms with E-state index in [0.717, 1.165) is 38.8 Å². The third kappa shape index (κ3) is 3.29. The molecule has 0 atom stereocenters. The van der Waals surface area contributed by atoms with Crippen molar-refractivity contribution < 1.29 is 4.84 Å². The van der Waals surface area contributed by atoms with E-state index in [4.69, 9.17) is 4.84 Å². The van der Waals surface area contributed by atoms with Gasteiger partial charge in [-0.3, -0.25) is 4.90 Å². The van der Waals surface area contributed by atoms with Gasteiger partial charge in [-0.25, -0.2) is 0 Å². The number of nitrogens with zero attached hydrogens (tertiary/aromatic N) is 2. The molecule has 114 valence electrons. The molecule has 2 heterocycles. The predicted molar refractivity (Wildman–Crippen MR) is 86.6 cm³/mol. The first-order valence-corrected chi connectivity index (χ1v) is 8.00. The van der Waals surface area contributed by atoms with Gasteiger partial charge >= 0.3 is 0 Å². The van der Waals surface area contributed by atoms with E-state index >= 15 is 0 Å². The van der Waals surface area contributed by atoms with Gasteiger partial charge in [-0.2, -0.15) is 0 Å². The fraction of sp³-hybridized carbons (Fsp3) is 0.611. The number of likely N-dealkylation sites (tertiary alicyclic amines) is 1. The van der Waals surface area contributed by atoms with Crippen LogP contribution in [-0.4, -0.2) is 34.8 Å². The minimum Gasteiger partial charge on any atom is -0.389 e. The van der Waals surface area contributed by atoms with Gasteiger partial charge < -0.3 is 4.84 Å². The summed E-state index contributed by atoms with van der Waals surface area (Å²) in [6.07, 6.45) is 4.10. The van der Waals surface area contributed by atoms with Crippen molar-refractivity contribution in [3.05, 3.63) is 35.9 Å². The van der Waals surface area contributed by atoms with Gasteiger partial charge in [0.1, 0.15) is 5.60 Å². The van der Waals surface area contributed by atoms with Crippen molar-refractivity contribution in [3.8, 4) is 0 Å². The van der Waals surface area contributed by atoms with Crippen LogP contribution in [0.2, 0.25) is 0 Å². The maximum Gasteiger partial charge on any atom is 0.145 e. The fourth-order valence-electron chi connectivity index (χ4n) is 3.38. The van der Waals surface area contributed by atoms with Crippen molar-refractivity contribution in [1.29, 1.82) is 0 Å². The molecule has 0 bridgehead atoms. The molecule has 0 unspecified atom stereocenters. The topological polar surface area (TPSA) is 24.8 Å².